The normalized spacial score (nSPS) is 11.1. The maximum Gasteiger partial charge on any atom is 0.194 e. The van der Waals surface area contributed by atoms with E-state index in [1.54, 1.807) is 0 Å². The largest absolute Gasteiger partial charge is 0.289 e. The molecule has 276 valence electrons. The fourth-order valence-corrected chi connectivity index (χ4v) is 8.82. The highest BCUT2D eigenvalue weighted by molar-refractivity contribution is 9.13. The molecule has 0 aliphatic carbocycles. The second-order valence-electron chi connectivity index (χ2n) is 13.2. The van der Waals surface area contributed by atoms with Crippen LogP contribution in [0.2, 0.25) is 0 Å². The fraction of sp³-hybridized carbons (Fsp3) is 0.0426. The van der Waals surface area contributed by atoms with E-state index in [0.717, 1.165) is 97.2 Å². The van der Waals surface area contributed by atoms with Crippen LogP contribution in [0.4, 0.5) is 0 Å². The highest BCUT2D eigenvalue weighted by Gasteiger charge is 2.09. The minimum absolute atomic E-state index is 0.0499. The van der Waals surface area contributed by atoms with Gasteiger partial charge in [-0.2, -0.15) is 0 Å². The summed E-state index contributed by atoms with van der Waals surface area (Å²) in [4.78, 5) is 37.8. The van der Waals surface area contributed by atoms with E-state index in [9.17, 15) is 14.4 Å². The molecule has 0 unspecified atom stereocenters. The van der Waals surface area contributed by atoms with Gasteiger partial charge in [0.25, 0.3) is 0 Å². The molecule has 0 aromatic heterocycles. The first kappa shape index (κ1) is 40.6. The smallest absolute Gasteiger partial charge is 0.194 e. The van der Waals surface area contributed by atoms with Gasteiger partial charge in [0.15, 0.2) is 16.3 Å². The lowest BCUT2D eigenvalue weighted by Crippen LogP contribution is -1.99. The van der Waals surface area contributed by atoms with Gasteiger partial charge in [-0.3, -0.25) is 14.4 Å². The summed E-state index contributed by atoms with van der Waals surface area (Å²) >= 11 is 20.8. The maximum absolute atomic E-state index is 12.8. The summed E-state index contributed by atoms with van der Waals surface area (Å²) in [7, 11) is 0. The third-order valence-electron chi connectivity index (χ3n) is 9.57. The van der Waals surface area contributed by atoms with Crippen molar-refractivity contribution in [3.8, 4) is 0 Å². The Kier molecular flexibility index (Phi) is 12.4. The molecular formula is C47H28Br6O3. The van der Waals surface area contributed by atoms with Gasteiger partial charge in [-0.15, -0.1) is 0 Å². The summed E-state index contributed by atoms with van der Waals surface area (Å²) < 4.78 is 5.61. The van der Waals surface area contributed by atoms with E-state index < -0.39 is 0 Å². The molecule has 0 bridgehead atoms. The number of benzene rings is 6. The molecule has 9 heteroatoms. The van der Waals surface area contributed by atoms with Gasteiger partial charge in [-0.25, -0.2) is 0 Å². The maximum atomic E-state index is 12.8. The second-order valence-corrected chi connectivity index (χ2v) is 18.4. The van der Waals surface area contributed by atoms with Crippen molar-refractivity contribution in [3.05, 3.63) is 202 Å². The summed E-state index contributed by atoms with van der Waals surface area (Å²) in [6.07, 6.45) is 0. The molecule has 9 aromatic rings. The van der Waals surface area contributed by atoms with Crippen LogP contribution in [0.25, 0.3) is 64.6 Å². The number of halogens is 6. The summed E-state index contributed by atoms with van der Waals surface area (Å²) in [5.41, 5.74) is 2.45. The predicted octanol–water partition coefficient (Wildman–Crippen LogP) is 15.3. The lowest BCUT2D eigenvalue weighted by atomic mass is 10.1. The van der Waals surface area contributed by atoms with Gasteiger partial charge in [0, 0.05) is 59.2 Å². The molecule has 0 atom stereocenters. The summed E-state index contributed by atoms with van der Waals surface area (Å²) in [5, 5.41) is 10.2. The monoisotopic (exact) mass is 1110 g/mol. The van der Waals surface area contributed by atoms with Crippen molar-refractivity contribution in [1.29, 1.82) is 0 Å². The van der Waals surface area contributed by atoms with Crippen LogP contribution in [0.1, 0.15) is 11.1 Å². The third-order valence-corrected chi connectivity index (χ3v) is 14.3. The molecule has 0 saturated carbocycles. The van der Waals surface area contributed by atoms with Crippen molar-refractivity contribution in [1.82, 2.24) is 0 Å². The van der Waals surface area contributed by atoms with Gasteiger partial charge in [0.05, 0.1) is 0 Å². The Bertz CT molecular complexity index is 3190. The lowest BCUT2D eigenvalue weighted by molar-refractivity contribution is 1.46. The van der Waals surface area contributed by atoms with Crippen LogP contribution in [0.3, 0.4) is 0 Å². The van der Waals surface area contributed by atoms with Gasteiger partial charge in [0.2, 0.25) is 0 Å². The first-order valence-electron chi connectivity index (χ1n) is 17.3. The summed E-state index contributed by atoms with van der Waals surface area (Å²) in [6, 6.07) is 42.9. The zero-order chi connectivity index (χ0) is 39.8. The van der Waals surface area contributed by atoms with Gasteiger partial charge < -0.3 is 0 Å². The minimum Gasteiger partial charge on any atom is -0.289 e. The van der Waals surface area contributed by atoms with E-state index >= 15 is 0 Å². The van der Waals surface area contributed by atoms with Gasteiger partial charge >= 0.3 is 0 Å². The molecule has 9 rings (SSSR count). The highest BCUT2D eigenvalue weighted by atomic mass is 79.9. The Morgan fingerprint density at radius 3 is 1.36 bits per heavy atom. The van der Waals surface area contributed by atoms with Gasteiger partial charge in [-0.05, 0) is 132 Å². The lowest BCUT2D eigenvalue weighted by Gasteiger charge is -1.99. The molecule has 0 saturated heterocycles. The van der Waals surface area contributed by atoms with E-state index in [1.165, 1.54) is 0 Å². The van der Waals surface area contributed by atoms with E-state index in [1.807, 2.05) is 147 Å². The van der Waals surface area contributed by atoms with Crippen molar-refractivity contribution in [2.75, 3.05) is 0 Å². The highest BCUT2D eigenvalue weighted by Crippen LogP contribution is 2.30. The molecule has 0 heterocycles. The topological polar surface area (TPSA) is 51.2 Å². The van der Waals surface area contributed by atoms with Crippen LogP contribution < -0.4 is 16.3 Å². The fourth-order valence-electron chi connectivity index (χ4n) is 6.57. The van der Waals surface area contributed by atoms with Crippen LogP contribution >= 0.6 is 95.6 Å². The molecule has 0 radical (unpaired) electrons. The third kappa shape index (κ3) is 8.36. The molecule has 56 heavy (non-hydrogen) atoms. The Morgan fingerprint density at radius 1 is 0.304 bits per heavy atom. The zero-order valence-corrected chi connectivity index (χ0v) is 39.2. The Hall–Kier alpha value is -3.57. The number of hydrogen-bond acceptors (Lipinski definition) is 3. The van der Waals surface area contributed by atoms with Crippen LogP contribution in [-0.4, -0.2) is 0 Å². The summed E-state index contributed by atoms with van der Waals surface area (Å²) in [6.45, 7) is 4.05. The Morgan fingerprint density at radius 2 is 0.732 bits per heavy atom. The molecule has 0 fully saturated rings. The second kappa shape index (κ2) is 17.1. The Labute approximate surface area is 372 Å². The van der Waals surface area contributed by atoms with Gasteiger partial charge in [-0.1, -0.05) is 155 Å². The molecule has 9 aromatic carbocycles. The van der Waals surface area contributed by atoms with Crippen molar-refractivity contribution in [3.63, 3.8) is 0 Å². The average Bonchev–Trinajstić information content (AvgIpc) is 3.47. The quantitative estimate of drug-likeness (QED) is 0.152. The van der Waals surface area contributed by atoms with Crippen molar-refractivity contribution in [2.24, 2.45) is 0 Å². The van der Waals surface area contributed by atoms with Crippen molar-refractivity contribution >= 4 is 160 Å². The number of aryl methyl sites for hydroxylation is 2. The molecule has 0 amide bonds. The molecule has 0 spiro atoms. The molecular weight excluding hydrogens is 1090 g/mol. The predicted molar refractivity (Wildman–Crippen MR) is 259 cm³/mol. The molecule has 0 aliphatic heterocycles. The number of hydrogen-bond donors (Lipinski definition) is 0. The van der Waals surface area contributed by atoms with Gasteiger partial charge in [0.1, 0.15) is 0 Å². The van der Waals surface area contributed by atoms with E-state index in [0.29, 0.717) is 5.39 Å². The van der Waals surface area contributed by atoms with Crippen molar-refractivity contribution in [2.45, 2.75) is 13.8 Å². The van der Waals surface area contributed by atoms with Crippen LogP contribution in [0, 0.1) is 13.8 Å². The standard InChI is InChI=1S/C16H9Br3O.C16H10Br2O.C15H9BrO/c1-8-4-9-2-3-10-5-14(18)15(19)7-12(10)16(20)11(9)6-13(8)17;1-9-6-11-3-2-10-4-5-12(17)7-13(10)16(19)14(11)8-15(9)18;16-14-7-3-6-13-12(14)9-8-10-4-1-2-5-11(10)15(13)17/h2-7H,1H3;2-8H,1H3;1-9H. The SMILES string of the molecule is Cc1cc2ccc3cc(Br)c(Br)cc3c(=O)c2cc1Br.Cc1cc2ccc3ccc(Br)cc3c(=O)c2cc1Br.O=c1c2ccccc2ccc2c(Br)cccc12. The number of fused-ring (bicyclic) bond motifs is 6. The average molecular weight is 1120 g/mol. The minimum atomic E-state index is 0.0499. The molecule has 3 nitrogen and oxygen atoms in total. The van der Waals surface area contributed by atoms with Crippen LogP contribution in [0.5, 0.6) is 0 Å². The molecule has 0 aliphatic rings. The van der Waals surface area contributed by atoms with Crippen LogP contribution in [0.15, 0.2) is 175 Å². The van der Waals surface area contributed by atoms with Crippen LogP contribution in [-0.2, 0) is 0 Å². The van der Waals surface area contributed by atoms with E-state index in [2.05, 4.69) is 95.6 Å². The van der Waals surface area contributed by atoms with Crippen molar-refractivity contribution < 1.29 is 0 Å². The van der Waals surface area contributed by atoms with E-state index in [4.69, 9.17) is 0 Å². The summed E-state index contributed by atoms with van der Waals surface area (Å²) in [5.74, 6) is 0. The zero-order valence-electron chi connectivity index (χ0n) is 29.7. The molecule has 0 N–H and O–H groups in total. The first-order chi connectivity index (χ1) is 26.8. The Balaban J connectivity index is 0.000000129. The number of rotatable bonds is 0. The van der Waals surface area contributed by atoms with E-state index in [-0.39, 0.29) is 16.3 Å². The first-order valence-corrected chi connectivity index (χ1v) is 22.0.